The average molecular weight is 237 g/mol. The summed E-state index contributed by atoms with van der Waals surface area (Å²) in [4.78, 5) is 10.0. The second kappa shape index (κ2) is 6.07. The van der Waals surface area contributed by atoms with Gasteiger partial charge in [0.2, 0.25) is 4.80 Å². The molecule has 0 unspecified atom stereocenters. The molecule has 0 aliphatic heterocycles. The first-order valence-electron chi connectivity index (χ1n) is 4.96. The predicted octanol–water partition coefficient (Wildman–Crippen LogP) is 1.61. The maximum absolute atomic E-state index is 9.17. The monoisotopic (exact) mass is 237 g/mol. The number of aldehydes is 1. The van der Waals surface area contributed by atoms with Gasteiger partial charge in [-0.2, -0.15) is 5.10 Å². The van der Waals surface area contributed by atoms with Crippen molar-refractivity contribution < 1.29 is 4.79 Å². The van der Waals surface area contributed by atoms with E-state index in [1.807, 2.05) is 30.7 Å². The van der Waals surface area contributed by atoms with Crippen molar-refractivity contribution in [2.24, 2.45) is 18.0 Å². The van der Waals surface area contributed by atoms with E-state index in [2.05, 4.69) is 17.2 Å². The third-order valence-corrected chi connectivity index (χ3v) is 3.12. The summed E-state index contributed by atoms with van der Waals surface area (Å²) in [6.45, 7) is 1.81. The molecule has 0 aliphatic carbocycles. The van der Waals surface area contributed by atoms with E-state index in [1.54, 1.807) is 11.3 Å². The molecule has 2 N–H and O–H groups in total. The highest BCUT2D eigenvalue weighted by molar-refractivity contribution is 7.16. The fraction of sp³-hybridized carbons (Fsp3) is 0.273. The number of aryl methyl sites for hydroxylation is 1. The maximum atomic E-state index is 9.17. The molecule has 0 bridgehead atoms. The molecule has 2 aromatic rings. The lowest BCUT2D eigenvalue weighted by molar-refractivity contribution is -0.107. The lowest BCUT2D eigenvalue weighted by atomic mass is 10.3. The molecule has 5 heteroatoms. The molecule has 1 heterocycles. The first-order chi connectivity index (χ1) is 7.74. The van der Waals surface area contributed by atoms with Gasteiger partial charge in [0.1, 0.15) is 6.29 Å². The highest BCUT2D eigenvalue weighted by Crippen LogP contribution is 2.14. The van der Waals surface area contributed by atoms with E-state index in [0.717, 1.165) is 11.1 Å². The van der Waals surface area contributed by atoms with E-state index in [0.29, 0.717) is 6.42 Å². The highest BCUT2D eigenvalue weighted by atomic mass is 32.1. The van der Waals surface area contributed by atoms with Crippen LogP contribution < -0.4 is 10.6 Å². The summed E-state index contributed by atoms with van der Waals surface area (Å²) < 4.78 is 3.20. The Balaban J connectivity index is 0.000000280. The third-order valence-electron chi connectivity index (χ3n) is 1.99. The Morgan fingerprint density at radius 3 is 2.62 bits per heavy atom. The molecule has 16 heavy (non-hydrogen) atoms. The zero-order valence-electron chi connectivity index (χ0n) is 9.38. The number of nitrogens with two attached hydrogens (primary N) is 1. The lowest BCUT2D eigenvalue weighted by Crippen LogP contribution is -2.11. The van der Waals surface area contributed by atoms with Crippen LogP contribution in [0.1, 0.15) is 13.3 Å². The van der Waals surface area contributed by atoms with E-state index in [-0.39, 0.29) is 0 Å². The number of hydrogen-bond donors (Lipinski definition) is 1. The van der Waals surface area contributed by atoms with E-state index >= 15 is 0 Å². The van der Waals surface area contributed by atoms with Crippen LogP contribution in [0.25, 0.3) is 10.2 Å². The summed E-state index contributed by atoms with van der Waals surface area (Å²) >= 11 is 1.60. The molecule has 1 aromatic heterocycles. The van der Waals surface area contributed by atoms with Gasteiger partial charge in [-0.25, -0.2) is 0 Å². The number of thiazole rings is 1. The largest absolute Gasteiger partial charge is 0.320 e. The molecule has 0 atom stereocenters. The standard InChI is InChI=1S/C8H9N3S.C3H6O/c1-11-6-4-2-3-5-7(6)12-8(11)10-9;1-2-3-4/h2-5H,9H2,1H3;3H,2H2,1H3. The number of carbonyl (C=O) groups excluding carboxylic acids is 1. The van der Waals surface area contributed by atoms with Gasteiger partial charge in [-0.3, -0.25) is 0 Å². The molecule has 0 amide bonds. The number of fused-ring (bicyclic) bond motifs is 1. The van der Waals surface area contributed by atoms with Gasteiger partial charge in [-0.1, -0.05) is 30.4 Å². The van der Waals surface area contributed by atoms with Gasteiger partial charge in [-0.05, 0) is 12.1 Å². The number of para-hydroxylation sites is 1. The van der Waals surface area contributed by atoms with Crippen LogP contribution in [-0.2, 0) is 11.8 Å². The van der Waals surface area contributed by atoms with Crippen LogP contribution in [-0.4, -0.2) is 10.9 Å². The SMILES string of the molecule is CCC=O.Cn1c(=NN)sc2ccccc21. The Bertz CT molecular complexity index is 527. The van der Waals surface area contributed by atoms with Crippen molar-refractivity contribution in [2.45, 2.75) is 13.3 Å². The fourth-order valence-corrected chi connectivity index (χ4v) is 2.14. The van der Waals surface area contributed by atoms with Crippen LogP contribution in [0.15, 0.2) is 29.4 Å². The van der Waals surface area contributed by atoms with Crippen LogP contribution in [0.5, 0.6) is 0 Å². The van der Waals surface area contributed by atoms with Crippen LogP contribution in [0.3, 0.4) is 0 Å². The van der Waals surface area contributed by atoms with E-state index in [1.165, 1.54) is 10.2 Å². The molecule has 0 saturated heterocycles. The molecule has 0 aliphatic rings. The molecule has 2 rings (SSSR count). The van der Waals surface area contributed by atoms with Crippen molar-refractivity contribution in [3.05, 3.63) is 29.1 Å². The molecule has 4 nitrogen and oxygen atoms in total. The molecule has 0 fully saturated rings. The van der Waals surface area contributed by atoms with Crippen LogP contribution in [0.4, 0.5) is 0 Å². The van der Waals surface area contributed by atoms with Gasteiger partial charge in [-0.15, -0.1) is 0 Å². The van der Waals surface area contributed by atoms with Crippen molar-refractivity contribution in [2.75, 3.05) is 0 Å². The molecular formula is C11H15N3OS. The summed E-state index contributed by atoms with van der Waals surface area (Å²) in [7, 11) is 1.96. The number of aromatic nitrogens is 1. The Morgan fingerprint density at radius 1 is 1.50 bits per heavy atom. The highest BCUT2D eigenvalue weighted by Gasteiger charge is 1.99. The summed E-state index contributed by atoms with van der Waals surface area (Å²) in [5.41, 5.74) is 1.17. The minimum atomic E-state index is 0.639. The second-order valence-electron chi connectivity index (χ2n) is 3.12. The number of benzene rings is 1. The zero-order chi connectivity index (χ0) is 12.0. The van der Waals surface area contributed by atoms with Crippen LogP contribution >= 0.6 is 11.3 Å². The van der Waals surface area contributed by atoms with E-state index < -0.39 is 0 Å². The topological polar surface area (TPSA) is 60.4 Å². The third kappa shape index (κ3) is 2.70. The predicted molar refractivity (Wildman–Crippen MR) is 66.9 cm³/mol. The van der Waals surface area contributed by atoms with Crippen LogP contribution in [0.2, 0.25) is 0 Å². The Morgan fingerprint density at radius 2 is 2.12 bits per heavy atom. The Kier molecular flexibility index (Phi) is 4.72. The fourth-order valence-electron chi connectivity index (χ4n) is 1.20. The minimum absolute atomic E-state index is 0.639. The van der Waals surface area contributed by atoms with E-state index in [4.69, 9.17) is 5.84 Å². The van der Waals surface area contributed by atoms with Gasteiger partial charge in [0.15, 0.2) is 0 Å². The molecule has 1 aromatic carbocycles. The van der Waals surface area contributed by atoms with Crippen molar-refractivity contribution in [3.63, 3.8) is 0 Å². The van der Waals surface area contributed by atoms with Crippen molar-refractivity contribution in [1.82, 2.24) is 4.57 Å². The number of nitrogens with zero attached hydrogens (tertiary/aromatic N) is 2. The summed E-state index contributed by atoms with van der Waals surface area (Å²) in [5, 5.41) is 3.69. The lowest BCUT2D eigenvalue weighted by Gasteiger charge is -1.91. The van der Waals surface area contributed by atoms with Gasteiger partial charge in [0.05, 0.1) is 10.2 Å². The number of rotatable bonds is 1. The summed E-state index contributed by atoms with van der Waals surface area (Å²) in [6.07, 6.45) is 1.51. The first kappa shape index (κ1) is 12.4. The normalized spacial score (nSPS) is 11.0. The van der Waals surface area contributed by atoms with Gasteiger partial charge < -0.3 is 15.2 Å². The molecule has 0 spiro atoms. The van der Waals surface area contributed by atoms with Crippen molar-refractivity contribution in [1.29, 1.82) is 0 Å². The molecule has 0 saturated carbocycles. The number of carbonyl (C=O) groups is 1. The summed E-state index contributed by atoms with van der Waals surface area (Å²) in [6, 6.07) is 8.14. The van der Waals surface area contributed by atoms with Gasteiger partial charge >= 0.3 is 0 Å². The second-order valence-corrected chi connectivity index (χ2v) is 4.12. The first-order valence-corrected chi connectivity index (χ1v) is 5.78. The molecule has 86 valence electrons. The number of hydrogen-bond acceptors (Lipinski definition) is 4. The van der Waals surface area contributed by atoms with E-state index in [9.17, 15) is 4.79 Å². The molecule has 0 radical (unpaired) electrons. The van der Waals surface area contributed by atoms with Crippen LogP contribution in [0, 0.1) is 0 Å². The maximum Gasteiger partial charge on any atom is 0.208 e. The quantitative estimate of drug-likeness (QED) is 0.465. The molecular weight excluding hydrogens is 222 g/mol. The Hall–Kier alpha value is -1.62. The minimum Gasteiger partial charge on any atom is -0.320 e. The van der Waals surface area contributed by atoms with Gasteiger partial charge in [0.25, 0.3) is 0 Å². The van der Waals surface area contributed by atoms with Crippen molar-refractivity contribution in [3.8, 4) is 0 Å². The van der Waals surface area contributed by atoms with Gasteiger partial charge in [0, 0.05) is 13.5 Å². The smallest absolute Gasteiger partial charge is 0.208 e. The zero-order valence-corrected chi connectivity index (χ0v) is 10.2. The summed E-state index contributed by atoms with van der Waals surface area (Å²) in [5.74, 6) is 5.23. The average Bonchev–Trinajstić information content (AvgIpc) is 2.67. The van der Waals surface area contributed by atoms with Crippen molar-refractivity contribution >= 4 is 27.8 Å². The Labute approximate surface area is 98.0 Å².